The third kappa shape index (κ3) is 4.09. The summed E-state index contributed by atoms with van der Waals surface area (Å²) in [5.74, 6) is 0.679. The number of anilines is 1. The predicted octanol–water partition coefficient (Wildman–Crippen LogP) is 2.92. The summed E-state index contributed by atoms with van der Waals surface area (Å²) in [7, 11) is 1.48. The lowest BCUT2D eigenvalue weighted by molar-refractivity contribution is -0.118. The van der Waals surface area contributed by atoms with Gasteiger partial charge in [-0.25, -0.2) is 0 Å². The highest BCUT2D eigenvalue weighted by molar-refractivity contribution is 5.97. The number of para-hydroxylation sites is 1. The Morgan fingerprint density at radius 3 is 2.45 bits per heavy atom. The molecule has 0 spiro atoms. The molecule has 0 radical (unpaired) electrons. The second-order valence-electron chi connectivity index (χ2n) is 4.62. The Kier molecular flexibility index (Phi) is 5.14. The van der Waals surface area contributed by atoms with E-state index in [1.54, 1.807) is 30.3 Å². The first-order chi connectivity index (χ1) is 10.6. The van der Waals surface area contributed by atoms with Gasteiger partial charge in [0.05, 0.1) is 12.8 Å². The summed E-state index contributed by atoms with van der Waals surface area (Å²) in [5, 5.41) is 2.70. The first kappa shape index (κ1) is 15.6. The molecule has 0 heterocycles. The van der Waals surface area contributed by atoms with E-state index < -0.39 is 0 Å². The van der Waals surface area contributed by atoms with Crippen molar-refractivity contribution >= 4 is 17.4 Å². The van der Waals surface area contributed by atoms with Crippen LogP contribution in [0.25, 0.3) is 0 Å². The molecule has 0 bridgehead atoms. The molecule has 1 N–H and O–H groups in total. The average molecular weight is 299 g/mol. The van der Waals surface area contributed by atoms with Crippen molar-refractivity contribution in [1.29, 1.82) is 0 Å². The second-order valence-corrected chi connectivity index (χ2v) is 4.62. The van der Waals surface area contributed by atoms with Crippen LogP contribution >= 0.6 is 0 Å². The summed E-state index contributed by atoms with van der Waals surface area (Å²) in [6.45, 7) is 1.36. The van der Waals surface area contributed by atoms with Gasteiger partial charge >= 0.3 is 0 Å². The number of nitrogens with one attached hydrogen (secondary N) is 1. The highest BCUT2D eigenvalue weighted by Crippen LogP contribution is 2.25. The molecule has 22 heavy (non-hydrogen) atoms. The second kappa shape index (κ2) is 7.26. The average Bonchev–Trinajstić information content (AvgIpc) is 2.54. The van der Waals surface area contributed by atoms with E-state index in [2.05, 4.69) is 5.32 Å². The molecule has 1 amide bonds. The molecule has 5 nitrogen and oxygen atoms in total. The van der Waals surface area contributed by atoms with Gasteiger partial charge in [0.15, 0.2) is 12.4 Å². The predicted molar refractivity (Wildman–Crippen MR) is 83.6 cm³/mol. The fourth-order valence-corrected chi connectivity index (χ4v) is 1.87. The van der Waals surface area contributed by atoms with Gasteiger partial charge in [-0.1, -0.05) is 18.2 Å². The Morgan fingerprint density at radius 1 is 1.09 bits per heavy atom. The largest absolute Gasteiger partial charge is 0.495 e. The van der Waals surface area contributed by atoms with Gasteiger partial charge in [-0.2, -0.15) is 0 Å². The van der Waals surface area contributed by atoms with Crippen molar-refractivity contribution in [3.63, 3.8) is 0 Å². The zero-order valence-electron chi connectivity index (χ0n) is 12.5. The first-order valence-electron chi connectivity index (χ1n) is 6.77. The van der Waals surface area contributed by atoms with Crippen LogP contribution in [0.15, 0.2) is 48.5 Å². The first-order valence-corrected chi connectivity index (χ1v) is 6.77. The Bertz CT molecular complexity index is 668. The standard InChI is InChI=1S/C17H17NO4/c1-12(19)13-8-9-15(16(10-13)21-2)18-17(20)11-22-14-6-4-3-5-7-14/h3-10H,11H2,1-2H3,(H,18,20). The number of ketones is 1. The van der Waals surface area contributed by atoms with Gasteiger partial charge in [0.1, 0.15) is 11.5 Å². The van der Waals surface area contributed by atoms with E-state index in [1.165, 1.54) is 14.0 Å². The van der Waals surface area contributed by atoms with Gasteiger partial charge in [0, 0.05) is 5.56 Å². The maximum Gasteiger partial charge on any atom is 0.262 e. The van der Waals surface area contributed by atoms with Crippen LogP contribution in [-0.4, -0.2) is 25.4 Å². The molecule has 2 aromatic carbocycles. The van der Waals surface area contributed by atoms with Crippen molar-refractivity contribution in [2.75, 3.05) is 19.0 Å². The van der Waals surface area contributed by atoms with Crippen LogP contribution in [0.5, 0.6) is 11.5 Å². The number of hydrogen-bond donors (Lipinski definition) is 1. The number of Topliss-reactive ketones (excluding diaryl/α,β-unsaturated/α-hetero) is 1. The SMILES string of the molecule is COc1cc(C(C)=O)ccc1NC(=O)COc1ccccc1. The third-order valence-electron chi connectivity index (χ3n) is 3.00. The number of carbonyl (C=O) groups is 2. The lowest BCUT2D eigenvalue weighted by Crippen LogP contribution is -2.20. The van der Waals surface area contributed by atoms with E-state index in [0.29, 0.717) is 22.7 Å². The minimum absolute atomic E-state index is 0.0661. The lowest BCUT2D eigenvalue weighted by atomic mass is 10.1. The Morgan fingerprint density at radius 2 is 1.82 bits per heavy atom. The molecule has 2 rings (SSSR count). The van der Waals surface area contributed by atoms with Crippen LogP contribution < -0.4 is 14.8 Å². The van der Waals surface area contributed by atoms with Gasteiger partial charge in [0.2, 0.25) is 0 Å². The van der Waals surface area contributed by atoms with Crippen molar-refractivity contribution in [2.24, 2.45) is 0 Å². The van der Waals surface area contributed by atoms with Crippen LogP contribution in [0.2, 0.25) is 0 Å². The minimum atomic E-state index is -0.308. The topological polar surface area (TPSA) is 64.6 Å². The smallest absolute Gasteiger partial charge is 0.262 e. The van der Waals surface area contributed by atoms with Crippen molar-refractivity contribution < 1.29 is 19.1 Å². The van der Waals surface area contributed by atoms with E-state index in [4.69, 9.17) is 9.47 Å². The van der Waals surface area contributed by atoms with Gasteiger partial charge < -0.3 is 14.8 Å². The normalized spacial score (nSPS) is 9.91. The van der Waals surface area contributed by atoms with Gasteiger partial charge in [-0.3, -0.25) is 9.59 Å². The van der Waals surface area contributed by atoms with Crippen molar-refractivity contribution in [3.05, 3.63) is 54.1 Å². The number of benzene rings is 2. The number of amides is 1. The van der Waals surface area contributed by atoms with Crippen molar-refractivity contribution in [3.8, 4) is 11.5 Å². The summed E-state index contributed by atoms with van der Waals surface area (Å²) in [6, 6.07) is 13.9. The Hall–Kier alpha value is -2.82. The van der Waals surface area contributed by atoms with Gasteiger partial charge in [-0.05, 0) is 37.3 Å². The summed E-state index contributed by atoms with van der Waals surface area (Å²) in [5.41, 5.74) is 1.02. The highest BCUT2D eigenvalue weighted by atomic mass is 16.5. The fourth-order valence-electron chi connectivity index (χ4n) is 1.87. The molecule has 0 atom stereocenters. The maximum atomic E-state index is 11.9. The molecular formula is C17H17NO4. The van der Waals surface area contributed by atoms with E-state index in [9.17, 15) is 9.59 Å². The molecule has 2 aromatic rings. The highest BCUT2D eigenvalue weighted by Gasteiger charge is 2.10. The van der Waals surface area contributed by atoms with E-state index in [-0.39, 0.29) is 18.3 Å². The van der Waals surface area contributed by atoms with E-state index in [0.717, 1.165) is 0 Å². The monoisotopic (exact) mass is 299 g/mol. The zero-order valence-corrected chi connectivity index (χ0v) is 12.5. The molecule has 0 unspecified atom stereocenters. The molecule has 0 aromatic heterocycles. The summed E-state index contributed by atoms with van der Waals surface area (Å²) in [6.07, 6.45) is 0. The number of carbonyl (C=O) groups excluding carboxylic acids is 2. The van der Waals surface area contributed by atoms with Crippen LogP contribution in [0.4, 0.5) is 5.69 Å². The fraction of sp³-hybridized carbons (Fsp3) is 0.176. The number of rotatable bonds is 6. The van der Waals surface area contributed by atoms with Crippen LogP contribution in [0, 0.1) is 0 Å². The summed E-state index contributed by atoms with van der Waals surface area (Å²) < 4.78 is 10.6. The number of ether oxygens (including phenoxy) is 2. The number of methoxy groups -OCH3 is 1. The van der Waals surface area contributed by atoms with Crippen LogP contribution in [0.1, 0.15) is 17.3 Å². The summed E-state index contributed by atoms with van der Waals surface area (Å²) in [4.78, 5) is 23.3. The molecule has 0 aliphatic rings. The minimum Gasteiger partial charge on any atom is -0.495 e. The third-order valence-corrected chi connectivity index (χ3v) is 3.00. The van der Waals surface area contributed by atoms with E-state index in [1.807, 2.05) is 18.2 Å². The zero-order chi connectivity index (χ0) is 15.9. The molecule has 0 saturated carbocycles. The molecule has 5 heteroatoms. The molecule has 0 saturated heterocycles. The quantitative estimate of drug-likeness (QED) is 0.833. The summed E-state index contributed by atoms with van der Waals surface area (Å²) >= 11 is 0. The molecule has 0 aliphatic carbocycles. The molecular weight excluding hydrogens is 282 g/mol. The molecule has 114 valence electrons. The Labute approximate surface area is 128 Å². The van der Waals surface area contributed by atoms with Crippen molar-refractivity contribution in [2.45, 2.75) is 6.92 Å². The lowest BCUT2D eigenvalue weighted by Gasteiger charge is -2.11. The molecule has 0 aliphatic heterocycles. The van der Waals surface area contributed by atoms with Gasteiger partial charge in [-0.15, -0.1) is 0 Å². The van der Waals surface area contributed by atoms with Crippen LogP contribution in [0.3, 0.4) is 0 Å². The van der Waals surface area contributed by atoms with Crippen LogP contribution in [-0.2, 0) is 4.79 Å². The number of hydrogen-bond acceptors (Lipinski definition) is 4. The Balaban J connectivity index is 2.00. The van der Waals surface area contributed by atoms with Crippen molar-refractivity contribution in [1.82, 2.24) is 0 Å². The molecule has 0 fully saturated rings. The van der Waals surface area contributed by atoms with E-state index >= 15 is 0 Å². The maximum absolute atomic E-state index is 11.9. The van der Waals surface area contributed by atoms with Gasteiger partial charge in [0.25, 0.3) is 5.91 Å².